The molecule has 0 aliphatic heterocycles. The summed E-state index contributed by atoms with van der Waals surface area (Å²) in [5.74, 6) is 0.0389. The van der Waals surface area contributed by atoms with Gasteiger partial charge in [-0.1, -0.05) is 23.8 Å². The van der Waals surface area contributed by atoms with E-state index in [4.69, 9.17) is 10.2 Å². The van der Waals surface area contributed by atoms with Gasteiger partial charge in [0.05, 0.1) is 12.8 Å². The zero-order valence-electron chi connectivity index (χ0n) is 9.69. The van der Waals surface area contributed by atoms with Crippen molar-refractivity contribution in [2.45, 2.75) is 6.92 Å². The first-order chi connectivity index (χ1) is 8.11. The zero-order chi connectivity index (χ0) is 12.4. The lowest BCUT2D eigenvalue weighted by atomic mass is 10.1. The standard InChI is InChI=1S/C13H13NO3/c1-8-4-3-5-9(6-8)11-7-10(14)12(17-11)13(15)16-2/h3-7H,14H2,1-2H3. The summed E-state index contributed by atoms with van der Waals surface area (Å²) in [7, 11) is 1.29. The molecule has 1 aromatic carbocycles. The van der Waals surface area contributed by atoms with Crippen molar-refractivity contribution in [2.75, 3.05) is 12.8 Å². The van der Waals surface area contributed by atoms with Gasteiger partial charge in [-0.2, -0.15) is 0 Å². The molecule has 0 atom stereocenters. The largest absolute Gasteiger partial charge is 0.463 e. The monoisotopic (exact) mass is 231 g/mol. The molecule has 0 amide bonds. The van der Waals surface area contributed by atoms with Crippen LogP contribution >= 0.6 is 0 Å². The third-order valence-corrected chi connectivity index (χ3v) is 2.43. The van der Waals surface area contributed by atoms with Crippen LogP contribution in [0.4, 0.5) is 5.69 Å². The molecule has 0 radical (unpaired) electrons. The zero-order valence-corrected chi connectivity index (χ0v) is 9.69. The molecule has 0 saturated carbocycles. The molecule has 17 heavy (non-hydrogen) atoms. The minimum Gasteiger partial charge on any atom is -0.463 e. The van der Waals surface area contributed by atoms with Gasteiger partial charge in [0.25, 0.3) is 0 Å². The van der Waals surface area contributed by atoms with Gasteiger partial charge in [-0.25, -0.2) is 4.79 Å². The third-order valence-electron chi connectivity index (χ3n) is 2.43. The molecular weight excluding hydrogens is 218 g/mol. The number of furan rings is 1. The molecule has 88 valence electrons. The molecule has 0 aliphatic rings. The predicted octanol–water partition coefficient (Wildman–Crippen LogP) is 2.62. The molecular formula is C13H13NO3. The molecule has 1 heterocycles. The van der Waals surface area contributed by atoms with Crippen LogP contribution in [0, 0.1) is 6.92 Å². The number of nitrogen functional groups attached to an aromatic ring is 1. The molecule has 0 fully saturated rings. The second-order valence-corrected chi connectivity index (χ2v) is 3.76. The first-order valence-electron chi connectivity index (χ1n) is 5.16. The molecule has 2 rings (SSSR count). The van der Waals surface area contributed by atoms with Crippen LogP contribution in [0.15, 0.2) is 34.7 Å². The highest BCUT2D eigenvalue weighted by atomic mass is 16.5. The fraction of sp³-hybridized carbons (Fsp3) is 0.154. The molecule has 2 N–H and O–H groups in total. The quantitative estimate of drug-likeness (QED) is 0.807. The molecule has 2 aromatic rings. The number of hydrogen-bond acceptors (Lipinski definition) is 4. The Hall–Kier alpha value is -2.23. The van der Waals surface area contributed by atoms with Gasteiger partial charge < -0.3 is 14.9 Å². The summed E-state index contributed by atoms with van der Waals surface area (Å²) in [6, 6.07) is 9.38. The molecule has 0 aliphatic carbocycles. The first kappa shape index (κ1) is 11.3. The predicted molar refractivity (Wildman–Crippen MR) is 64.6 cm³/mol. The average molecular weight is 231 g/mol. The van der Waals surface area contributed by atoms with Crippen molar-refractivity contribution < 1.29 is 13.9 Å². The Kier molecular flexibility index (Phi) is 2.87. The van der Waals surface area contributed by atoms with Crippen molar-refractivity contribution in [3.8, 4) is 11.3 Å². The Balaban J connectivity index is 2.44. The summed E-state index contributed by atoms with van der Waals surface area (Å²) in [5, 5.41) is 0. The highest BCUT2D eigenvalue weighted by Crippen LogP contribution is 2.28. The number of nitrogens with two attached hydrogens (primary N) is 1. The van der Waals surface area contributed by atoms with E-state index in [1.54, 1.807) is 6.07 Å². The van der Waals surface area contributed by atoms with Crippen molar-refractivity contribution in [1.82, 2.24) is 0 Å². The summed E-state index contributed by atoms with van der Waals surface area (Å²) >= 11 is 0. The number of esters is 1. The van der Waals surface area contributed by atoms with E-state index in [-0.39, 0.29) is 11.4 Å². The van der Waals surface area contributed by atoms with E-state index < -0.39 is 5.97 Å². The summed E-state index contributed by atoms with van der Waals surface area (Å²) < 4.78 is 9.99. The molecule has 4 heteroatoms. The Morgan fingerprint density at radius 3 is 2.76 bits per heavy atom. The Morgan fingerprint density at radius 1 is 1.35 bits per heavy atom. The highest BCUT2D eigenvalue weighted by Gasteiger charge is 2.17. The van der Waals surface area contributed by atoms with Crippen LogP contribution < -0.4 is 5.73 Å². The van der Waals surface area contributed by atoms with Crippen molar-refractivity contribution >= 4 is 11.7 Å². The lowest BCUT2D eigenvalue weighted by molar-refractivity contribution is 0.0568. The minimum absolute atomic E-state index is 0.0454. The van der Waals surface area contributed by atoms with Crippen LogP contribution in [-0.2, 0) is 4.74 Å². The minimum atomic E-state index is -0.568. The molecule has 4 nitrogen and oxygen atoms in total. The number of aryl methyl sites for hydroxylation is 1. The average Bonchev–Trinajstić information content (AvgIpc) is 2.70. The van der Waals surface area contributed by atoms with Crippen LogP contribution in [-0.4, -0.2) is 13.1 Å². The molecule has 0 unspecified atom stereocenters. The molecule has 0 saturated heterocycles. The Morgan fingerprint density at radius 2 is 2.12 bits per heavy atom. The van der Waals surface area contributed by atoms with Gasteiger partial charge in [-0.05, 0) is 13.0 Å². The number of ether oxygens (including phenoxy) is 1. The summed E-state index contributed by atoms with van der Waals surface area (Å²) in [5.41, 5.74) is 7.97. The topological polar surface area (TPSA) is 65.5 Å². The normalized spacial score (nSPS) is 10.2. The fourth-order valence-corrected chi connectivity index (χ4v) is 1.60. The van der Waals surface area contributed by atoms with Crippen LogP contribution in [0.25, 0.3) is 11.3 Å². The first-order valence-corrected chi connectivity index (χ1v) is 5.16. The van der Waals surface area contributed by atoms with Gasteiger partial charge in [0.1, 0.15) is 5.76 Å². The van der Waals surface area contributed by atoms with Crippen LogP contribution in [0.2, 0.25) is 0 Å². The van der Waals surface area contributed by atoms with Crippen molar-refractivity contribution in [3.63, 3.8) is 0 Å². The van der Waals surface area contributed by atoms with Crippen molar-refractivity contribution in [2.24, 2.45) is 0 Å². The Labute approximate surface area is 99.0 Å². The number of carbonyl (C=O) groups is 1. The molecule has 0 bridgehead atoms. The Bertz CT molecular complexity index is 558. The van der Waals surface area contributed by atoms with Crippen LogP contribution in [0.1, 0.15) is 16.1 Å². The van der Waals surface area contributed by atoms with E-state index >= 15 is 0 Å². The van der Waals surface area contributed by atoms with E-state index in [0.29, 0.717) is 5.76 Å². The van der Waals surface area contributed by atoms with Crippen LogP contribution in [0.5, 0.6) is 0 Å². The number of hydrogen-bond donors (Lipinski definition) is 1. The van der Waals surface area contributed by atoms with E-state index in [9.17, 15) is 4.79 Å². The van der Waals surface area contributed by atoms with Gasteiger partial charge in [0, 0.05) is 11.6 Å². The number of anilines is 1. The van der Waals surface area contributed by atoms with E-state index in [2.05, 4.69) is 4.74 Å². The number of methoxy groups -OCH3 is 1. The van der Waals surface area contributed by atoms with Gasteiger partial charge in [-0.15, -0.1) is 0 Å². The van der Waals surface area contributed by atoms with E-state index in [0.717, 1.165) is 11.1 Å². The molecule has 1 aromatic heterocycles. The van der Waals surface area contributed by atoms with Crippen molar-refractivity contribution in [1.29, 1.82) is 0 Å². The fourth-order valence-electron chi connectivity index (χ4n) is 1.60. The highest BCUT2D eigenvalue weighted by molar-refractivity contribution is 5.93. The van der Waals surface area contributed by atoms with Gasteiger partial charge in [-0.3, -0.25) is 0 Å². The van der Waals surface area contributed by atoms with Crippen molar-refractivity contribution in [3.05, 3.63) is 41.7 Å². The lowest BCUT2D eigenvalue weighted by Gasteiger charge is -1.98. The van der Waals surface area contributed by atoms with Gasteiger partial charge in [0.15, 0.2) is 0 Å². The summed E-state index contributed by atoms with van der Waals surface area (Å²) in [4.78, 5) is 11.3. The smallest absolute Gasteiger partial charge is 0.376 e. The third kappa shape index (κ3) is 2.15. The number of carbonyl (C=O) groups excluding carboxylic acids is 1. The SMILES string of the molecule is COC(=O)c1oc(-c2cccc(C)c2)cc1N. The summed E-state index contributed by atoms with van der Waals surface area (Å²) in [6.45, 7) is 1.98. The second-order valence-electron chi connectivity index (χ2n) is 3.76. The number of benzene rings is 1. The second kappa shape index (κ2) is 4.33. The van der Waals surface area contributed by atoms with E-state index in [1.807, 2.05) is 31.2 Å². The van der Waals surface area contributed by atoms with Gasteiger partial charge >= 0.3 is 5.97 Å². The summed E-state index contributed by atoms with van der Waals surface area (Å²) in [6.07, 6.45) is 0. The van der Waals surface area contributed by atoms with E-state index in [1.165, 1.54) is 7.11 Å². The number of rotatable bonds is 2. The van der Waals surface area contributed by atoms with Gasteiger partial charge in [0.2, 0.25) is 5.76 Å². The maximum atomic E-state index is 11.3. The maximum Gasteiger partial charge on any atom is 0.376 e. The maximum absolute atomic E-state index is 11.3. The van der Waals surface area contributed by atoms with Crippen LogP contribution in [0.3, 0.4) is 0 Å². The lowest BCUT2D eigenvalue weighted by Crippen LogP contribution is -2.02. The molecule has 0 spiro atoms.